The van der Waals surface area contributed by atoms with Crippen LogP contribution < -0.4 is 15.4 Å². The van der Waals surface area contributed by atoms with Gasteiger partial charge in [0, 0.05) is 18.8 Å². The van der Waals surface area contributed by atoms with E-state index in [1.165, 1.54) is 16.4 Å². The van der Waals surface area contributed by atoms with Crippen LogP contribution in [0.15, 0.2) is 53.4 Å². The molecule has 0 aromatic heterocycles. The Morgan fingerprint density at radius 2 is 1.74 bits per heavy atom. The lowest BCUT2D eigenvalue weighted by atomic mass is 9.96. The van der Waals surface area contributed by atoms with E-state index < -0.39 is 27.8 Å². The number of carbonyl (C=O) groups excluding carboxylic acids is 2. The van der Waals surface area contributed by atoms with Gasteiger partial charge >= 0.3 is 0 Å². The van der Waals surface area contributed by atoms with Gasteiger partial charge in [-0.15, -0.1) is 0 Å². The van der Waals surface area contributed by atoms with Gasteiger partial charge in [-0.2, -0.15) is 4.31 Å². The number of halogens is 1. The van der Waals surface area contributed by atoms with Crippen molar-refractivity contribution in [3.8, 4) is 5.75 Å². The Hall–Kier alpha value is -2.98. The minimum absolute atomic E-state index is 0.00351. The van der Waals surface area contributed by atoms with Gasteiger partial charge < -0.3 is 15.4 Å². The first kappa shape index (κ1) is 25.6. The van der Waals surface area contributed by atoms with Crippen molar-refractivity contribution in [1.29, 1.82) is 0 Å². The smallest absolute Gasteiger partial charge is 0.247 e. The van der Waals surface area contributed by atoms with Crippen molar-refractivity contribution in [3.05, 3.63) is 54.3 Å². The lowest BCUT2D eigenvalue weighted by Crippen LogP contribution is -2.52. The van der Waals surface area contributed by atoms with Gasteiger partial charge in [-0.1, -0.05) is 13.8 Å². The molecule has 2 aromatic rings. The summed E-state index contributed by atoms with van der Waals surface area (Å²) in [5.41, 5.74) is 0.569. The van der Waals surface area contributed by atoms with Crippen molar-refractivity contribution in [2.45, 2.75) is 37.6 Å². The Kier molecular flexibility index (Phi) is 8.27. The predicted octanol–water partition coefficient (Wildman–Crippen LogP) is 3.01. The van der Waals surface area contributed by atoms with Crippen LogP contribution in [0.25, 0.3) is 0 Å². The molecular weight excluding hydrogens is 461 g/mol. The molecule has 0 radical (unpaired) electrons. The Balaban J connectivity index is 1.66. The van der Waals surface area contributed by atoms with Crippen molar-refractivity contribution in [2.75, 3.05) is 25.5 Å². The summed E-state index contributed by atoms with van der Waals surface area (Å²) >= 11 is 0. The Bertz CT molecular complexity index is 1100. The Morgan fingerprint density at radius 1 is 1.09 bits per heavy atom. The molecule has 2 amide bonds. The first-order valence-electron chi connectivity index (χ1n) is 11.1. The molecule has 3 rings (SSSR count). The SMILES string of the molecule is COc1ccc(NC(=O)[C@@H](NC(=O)C2CCCN(S(=O)(=O)c3ccc(F)cc3)C2)C(C)C)cc1. The average molecular weight is 492 g/mol. The summed E-state index contributed by atoms with van der Waals surface area (Å²) in [4.78, 5) is 25.9. The zero-order valence-corrected chi connectivity index (χ0v) is 20.3. The van der Waals surface area contributed by atoms with Crippen LogP contribution in [0.2, 0.25) is 0 Å². The van der Waals surface area contributed by atoms with Crippen molar-refractivity contribution in [3.63, 3.8) is 0 Å². The number of rotatable bonds is 8. The zero-order valence-electron chi connectivity index (χ0n) is 19.5. The van der Waals surface area contributed by atoms with Crippen LogP contribution in [-0.2, 0) is 19.6 Å². The molecule has 0 spiro atoms. The lowest BCUT2D eigenvalue weighted by molar-refractivity contribution is -0.130. The van der Waals surface area contributed by atoms with Crippen LogP contribution in [0.3, 0.4) is 0 Å². The van der Waals surface area contributed by atoms with E-state index in [0.29, 0.717) is 24.3 Å². The average Bonchev–Trinajstić information content (AvgIpc) is 2.83. The molecule has 1 aliphatic rings. The predicted molar refractivity (Wildman–Crippen MR) is 126 cm³/mol. The highest BCUT2D eigenvalue weighted by atomic mass is 32.2. The van der Waals surface area contributed by atoms with Crippen molar-refractivity contribution >= 4 is 27.5 Å². The normalized spacial score (nSPS) is 17.7. The van der Waals surface area contributed by atoms with Crippen LogP contribution in [0.4, 0.5) is 10.1 Å². The van der Waals surface area contributed by atoms with E-state index in [1.54, 1.807) is 31.4 Å². The van der Waals surface area contributed by atoms with Gasteiger partial charge in [-0.05, 0) is 67.3 Å². The monoisotopic (exact) mass is 491 g/mol. The highest BCUT2D eigenvalue weighted by molar-refractivity contribution is 7.89. The molecular formula is C24H30FN3O5S. The molecule has 10 heteroatoms. The molecule has 1 aliphatic heterocycles. The molecule has 2 N–H and O–H groups in total. The number of piperidine rings is 1. The standard InChI is InChI=1S/C24H30FN3O5S/c1-16(2)22(24(30)26-19-8-10-20(33-3)11-9-19)27-23(29)17-5-4-14-28(15-17)34(31,32)21-12-6-18(25)7-13-21/h6-13,16-17,22H,4-5,14-15H2,1-3H3,(H,26,30)(H,27,29)/t17?,22-/m0/s1. The number of methoxy groups -OCH3 is 1. The van der Waals surface area contributed by atoms with Crippen LogP contribution in [0.5, 0.6) is 5.75 Å². The second-order valence-electron chi connectivity index (χ2n) is 8.60. The fraction of sp³-hybridized carbons (Fsp3) is 0.417. The molecule has 0 aliphatic carbocycles. The quantitative estimate of drug-likeness (QED) is 0.591. The van der Waals surface area contributed by atoms with E-state index in [9.17, 15) is 22.4 Å². The number of anilines is 1. The summed E-state index contributed by atoms with van der Waals surface area (Å²) < 4.78 is 45.5. The number of nitrogens with zero attached hydrogens (tertiary/aromatic N) is 1. The number of hydrogen-bond acceptors (Lipinski definition) is 5. The van der Waals surface area contributed by atoms with Crippen molar-refractivity contribution in [1.82, 2.24) is 9.62 Å². The van der Waals surface area contributed by atoms with Crippen LogP contribution in [0.1, 0.15) is 26.7 Å². The summed E-state index contributed by atoms with van der Waals surface area (Å²) in [6.07, 6.45) is 1.01. The molecule has 0 bridgehead atoms. The van der Waals surface area contributed by atoms with E-state index in [-0.39, 0.29) is 35.7 Å². The van der Waals surface area contributed by atoms with Gasteiger partial charge in [0.25, 0.3) is 0 Å². The second-order valence-corrected chi connectivity index (χ2v) is 10.5. The molecule has 1 unspecified atom stereocenters. The minimum atomic E-state index is -3.86. The maximum atomic E-state index is 13.2. The first-order valence-corrected chi connectivity index (χ1v) is 12.6. The van der Waals surface area contributed by atoms with E-state index in [2.05, 4.69) is 10.6 Å². The molecule has 1 fully saturated rings. The molecule has 0 saturated carbocycles. The minimum Gasteiger partial charge on any atom is -0.497 e. The molecule has 1 saturated heterocycles. The second kappa shape index (κ2) is 11.0. The van der Waals surface area contributed by atoms with Crippen molar-refractivity contribution in [2.24, 2.45) is 11.8 Å². The Morgan fingerprint density at radius 3 is 2.32 bits per heavy atom. The van der Waals surface area contributed by atoms with E-state index in [1.807, 2.05) is 13.8 Å². The summed E-state index contributed by atoms with van der Waals surface area (Å²) in [7, 11) is -2.30. The number of amides is 2. The highest BCUT2D eigenvalue weighted by Gasteiger charge is 2.35. The largest absolute Gasteiger partial charge is 0.497 e. The summed E-state index contributed by atoms with van der Waals surface area (Å²) in [5.74, 6) is -1.39. The van der Waals surface area contributed by atoms with Gasteiger partial charge in [0.1, 0.15) is 17.6 Å². The maximum Gasteiger partial charge on any atom is 0.247 e. The number of nitrogens with one attached hydrogen (secondary N) is 2. The first-order chi connectivity index (χ1) is 16.1. The van der Waals surface area contributed by atoms with Crippen LogP contribution >= 0.6 is 0 Å². The number of benzene rings is 2. The lowest BCUT2D eigenvalue weighted by Gasteiger charge is -2.32. The highest BCUT2D eigenvalue weighted by Crippen LogP contribution is 2.24. The van der Waals surface area contributed by atoms with E-state index in [4.69, 9.17) is 4.74 Å². The molecule has 2 aromatic carbocycles. The topological polar surface area (TPSA) is 105 Å². The van der Waals surface area contributed by atoms with Crippen LogP contribution in [-0.4, -0.2) is 50.8 Å². The molecule has 1 heterocycles. The summed E-state index contributed by atoms with van der Waals surface area (Å²) in [6, 6.07) is 10.7. The fourth-order valence-electron chi connectivity index (χ4n) is 3.83. The Labute approximate surface area is 199 Å². The number of ether oxygens (including phenoxy) is 1. The molecule has 2 atom stereocenters. The third-order valence-corrected chi connectivity index (χ3v) is 7.69. The van der Waals surface area contributed by atoms with Gasteiger partial charge in [-0.3, -0.25) is 9.59 Å². The zero-order chi connectivity index (χ0) is 24.9. The number of carbonyl (C=O) groups is 2. The molecule has 184 valence electrons. The van der Waals surface area contributed by atoms with Gasteiger partial charge in [0.05, 0.1) is 17.9 Å². The molecule has 34 heavy (non-hydrogen) atoms. The molecule has 8 nitrogen and oxygen atoms in total. The summed E-state index contributed by atoms with van der Waals surface area (Å²) in [6.45, 7) is 3.92. The van der Waals surface area contributed by atoms with Gasteiger partial charge in [0.15, 0.2) is 0 Å². The third kappa shape index (κ3) is 6.12. The third-order valence-electron chi connectivity index (χ3n) is 5.81. The number of hydrogen-bond donors (Lipinski definition) is 2. The van der Waals surface area contributed by atoms with E-state index >= 15 is 0 Å². The van der Waals surface area contributed by atoms with Crippen molar-refractivity contribution < 1.29 is 27.1 Å². The number of sulfonamides is 1. The maximum absolute atomic E-state index is 13.2. The summed E-state index contributed by atoms with van der Waals surface area (Å²) in [5, 5.41) is 5.60. The van der Waals surface area contributed by atoms with Crippen LogP contribution in [0, 0.1) is 17.7 Å². The van der Waals surface area contributed by atoms with E-state index in [0.717, 1.165) is 12.1 Å². The van der Waals surface area contributed by atoms with Gasteiger partial charge in [-0.25, -0.2) is 12.8 Å². The fourth-order valence-corrected chi connectivity index (χ4v) is 5.35. The van der Waals surface area contributed by atoms with Gasteiger partial charge in [0.2, 0.25) is 21.8 Å².